The van der Waals surface area contributed by atoms with Gasteiger partial charge in [0, 0.05) is 18.5 Å². The van der Waals surface area contributed by atoms with E-state index in [1.165, 1.54) is 12.1 Å². The molecule has 18 heavy (non-hydrogen) atoms. The molecule has 1 aromatic rings. The van der Waals surface area contributed by atoms with Crippen molar-refractivity contribution in [3.05, 3.63) is 35.9 Å². The second-order valence-corrected chi connectivity index (χ2v) is 4.31. The van der Waals surface area contributed by atoms with Gasteiger partial charge in [-0.15, -0.1) is 0 Å². The number of amides is 1. The van der Waals surface area contributed by atoms with E-state index in [0.717, 1.165) is 0 Å². The molecule has 1 aliphatic heterocycles. The molecule has 1 aliphatic rings. The minimum atomic E-state index is -3.12. The summed E-state index contributed by atoms with van der Waals surface area (Å²) >= 11 is 0. The molecule has 1 fully saturated rings. The van der Waals surface area contributed by atoms with Gasteiger partial charge in [0.2, 0.25) is 5.79 Å². The Kier molecular flexibility index (Phi) is 3.32. The highest BCUT2D eigenvalue weighted by atomic mass is 19.2. The number of hydrogen-bond donors (Lipinski definition) is 3. The molecule has 3 N–H and O–H groups in total. The van der Waals surface area contributed by atoms with Gasteiger partial charge >= 0.3 is 0 Å². The fourth-order valence-corrected chi connectivity index (χ4v) is 1.85. The number of nitrogens with one attached hydrogen (secondary N) is 2. The first kappa shape index (κ1) is 12.9. The molecule has 4 nitrogen and oxygen atoms in total. The van der Waals surface area contributed by atoms with E-state index in [2.05, 4.69) is 5.32 Å². The van der Waals surface area contributed by atoms with Crippen LogP contribution in [0.3, 0.4) is 0 Å². The van der Waals surface area contributed by atoms with Crippen LogP contribution < -0.4 is 10.6 Å². The van der Waals surface area contributed by atoms with Crippen molar-refractivity contribution in [2.24, 2.45) is 0 Å². The normalized spacial score (nSPS) is 31.9. The molecule has 98 valence electrons. The van der Waals surface area contributed by atoms with Crippen LogP contribution in [0.2, 0.25) is 0 Å². The van der Waals surface area contributed by atoms with Gasteiger partial charge in [-0.2, -0.15) is 0 Å². The first-order valence-corrected chi connectivity index (χ1v) is 5.63. The highest BCUT2D eigenvalue weighted by molar-refractivity contribution is 5.94. The van der Waals surface area contributed by atoms with Gasteiger partial charge in [0.25, 0.3) is 11.8 Å². The zero-order valence-electron chi connectivity index (χ0n) is 9.62. The molecule has 2 unspecified atom stereocenters. The molecule has 6 heteroatoms. The van der Waals surface area contributed by atoms with Crippen LogP contribution >= 0.6 is 0 Å². The molecule has 2 rings (SSSR count). The van der Waals surface area contributed by atoms with Crippen molar-refractivity contribution >= 4 is 5.91 Å². The lowest BCUT2D eigenvalue weighted by atomic mass is 9.97. The maximum atomic E-state index is 14.3. The summed E-state index contributed by atoms with van der Waals surface area (Å²) in [5, 5.41) is 13.8. The zero-order chi connectivity index (χ0) is 13.2. The minimum Gasteiger partial charge on any atom is -0.357 e. The quantitative estimate of drug-likeness (QED) is 0.684. The molecular formula is C12H14F2N2O2. The molecule has 0 aliphatic carbocycles. The Labute approximate surface area is 103 Å². The van der Waals surface area contributed by atoms with E-state index in [0.29, 0.717) is 0 Å². The van der Waals surface area contributed by atoms with Crippen LogP contribution in [0.5, 0.6) is 0 Å². The summed E-state index contributed by atoms with van der Waals surface area (Å²) in [5.74, 6) is -6.64. The molecule has 0 saturated carbocycles. The number of rotatable bonds is 2. The fourth-order valence-electron chi connectivity index (χ4n) is 1.85. The Balaban J connectivity index is 2.15. The maximum absolute atomic E-state index is 14.3. The Bertz CT molecular complexity index is 439. The molecule has 0 bridgehead atoms. The standard InChI is InChI=1S/C12H14F2N2O2/c13-11(6-7-15-8-12(11,14)18)16-10(17)9-4-2-1-3-5-9/h1-5,15,18H,6-8H2,(H,16,17). The van der Waals surface area contributed by atoms with Gasteiger partial charge in [-0.1, -0.05) is 18.2 Å². The summed E-state index contributed by atoms with van der Waals surface area (Å²) in [7, 11) is 0. The van der Waals surface area contributed by atoms with Crippen LogP contribution in [0, 0.1) is 0 Å². The Morgan fingerprint density at radius 2 is 2.00 bits per heavy atom. The predicted octanol–water partition coefficient (Wildman–Crippen LogP) is 0.734. The smallest absolute Gasteiger partial charge is 0.272 e. The molecule has 2 atom stereocenters. The summed E-state index contributed by atoms with van der Waals surface area (Å²) in [6.45, 7) is -0.379. The first-order chi connectivity index (χ1) is 8.45. The van der Waals surface area contributed by atoms with E-state index in [1.54, 1.807) is 18.2 Å². The predicted molar refractivity (Wildman–Crippen MR) is 61.3 cm³/mol. The van der Waals surface area contributed by atoms with Crippen LogP contribution in [0.4, 0.5) is 8.78 Å². The van der Waals surface area contributed by atoms with E-state index >= 15 is 0 Å². The van der Waals surface area contributed by atoms with Gasteiger partial charge in [-0.3, -0.25) is 4.79 Å². The largest absolute Gasteiger partial charge is 0.357 e. The van der Waals surface area contributed by atoms with Gasteiger partial charge in [0.1, 0.15) is 0 Å². The summed E-state index contributed by atoms with van der Waals surface area (Å²) in [4.78, 5) is 11.8. The van der Waals surface area contributed by atoms with Crippen molar-refractivity contribution in [1.82, 2.24) is 10.6 Å². The number of β-amino-alcohol motifs (C(OH)–C–C–N with tert-alkyl or cyclic N) is 1. The first-order valence-electron chi connectivity index (χ1n) is 5.63. The van der Waals surface area contributed by atoms with E-state index in [-0.39, 0.29) is 18.5 Å². The Morgan fingerprint density at radius 3 is 2.61 bits per heavy atom. The van der Waals surface area contributed by atoms with Crippen molar-refractivity contribution < 1.29 is 18.7 Å². The summed E-state index contributed by atoms with van der Waals surface area (Å²) in [5.41, 5.74) is 0.212. The van der Waals surface area contributed by atoms with E-state index in [4.69, 9.17) is 0 Å². The molecule has 0 spiro atoms. The van der Waals surface area contributed by atoms with Crippen LogP contribution in [0.1, 0.15) is 16.8 Å². The SMILES string of the molecule is O=C(NC1(F)CCNCC1(O)F)c1ccccc1. The molecule has 0 radical (unpaired) electrons. The fraction of sp³-hybridized carbons (Fsp3) is 0.417. The van der Waals surface area contributed by atoms with Crippen LogP contribution in [-0.2, 0) is 0 Å². The van der Waals surface area contributed by atoms with E-state index < -0.39 is 24.1 Å². The monoisotopic (exact) mass is 256 g/mol. The van der Waals surface area contributed by atoms with Crippen LogP contribution in [0.15, 0.2) is 30.3 Å². The average molecular weight is 256 g/mol. The lowest BCUT2D eigenvalue weighted by molar-refractivity contribution is -0.214. The Morgan fingerprint density at radius 1 is 1.33 bits per heavy atom. The number of carbonyl (C=O) groups is 1. The zero-order valence-corrected chi connectivity index (χ0v) is 9.62. The number of benzene rings is 1. The van der Waals surface area contributed by atoms with Crippen molar-refractivity contribution in [2.75, 3.05) is 13.1 Å². The number of piperidine rings is 1. The molecule has 1 aromatic carbocycles. The highest BCUT2D eigenvalue weighted by Crippen LogP contribution is 2.31. The summed E-state index contributed by atoms with van der Waals surface area (Å²) < 4.78 is 28.0. The third kappa shape index (κ3) is 2.34. The Hall–Kier alpha value is -1.53. The molecular weight excluding hydrogens is 242 g/mol. The van der Waals surface area contributed by atoms with Gasteiger partial charge < -0.3 is 15.7 Å². The van der Waals surface area contributed by atoms with Crippen molar-refractivity contribution in [3.8, 4) is 0 Å². The number of aliphatic hydroxyl groups is 1. The summed E-state index contributed by atoms with van der Waals surface area (Å²) in [6.07, 6.45) is -0.335. The second kappa shape index (κ2) is 4.62. The molecule has 1 amide bonds. The average Bonchev–Trinajstić information content (AvgIpc) is 2.34. The van der Waals surface area contributed by atoms with Gasteiger partial charge in [0.05, 0.1) is 6.54 Å². The van der Waals surface area contributed by atoms with Crippen molar-refractivity contribution in [1.29, 1.82) is 0 Å². The molecule has 0 aromatic heterocycles. The van der Waals surface area contributed by atoms with Crippen LogP contribution in [-0.4, -0.2) is 35.8 Å². The van der Waals surface area contributed by atoms with E-state index in [1.807, 2.05) is 5.32 Å². The number of halogens is 2. The van der Waals surface area contributed by atoms with Crippen molar-refractivity contribution in [2.45, 2.75) is 18.1 Å². The van der Waals surface area contributed by atoms with Crippen LogP contribution in [0.25, 0.3) is 0 Å². The topological polar surface area (TPSA) is 61.4 Å². The number of carbonyl (C=O) groups excluding carboxylic acids is 1. The third-order valence-electron chi connectivity index (χ3n) is 2.96. The number of alkyl halides is 2. The van der Waals surface area contributed by atoms with Gasteiger partial charge in [-0.05, 0) is 12.1 Å². The van der Waals surface area contributed by atoms with Crippen molar-refractivity contribution in [3.63, 3.8) is 0 Å². The lowest BCUT2D eigenvalue weighted by Gasteiger charge is -2.39. The third-order valence-corrected chi connectivity index (χ3v) is 2.96. The van der Waals surface area contributed by atoms with Gasteiger partial charge in [-0.25, -0.2) is 8.78 Å². The molecule has 1 heterocycles. The number of hydrogen-bond acceptors (Lipinski definition) is 3. The molecule has 1 saturated heterocycles. The summed E-state index contributed by atoms with van der Waals surface area (Å²) in [6, 6.07) is 7.90. The van der Waals surface area contributed by atoms with Gasteiger partial charge in [0.15, 0.2) is 0 Å². The minimum absolute atomic E-state index is 0.178. The highest BCUT2D eigenvalue weighted by Gasteiger charge is 2.55. The second-order valence-electron chi connectivity index (χ2n) is 4.31. The van der Waals surface area contributed by atoms with E-state index in [9.17, 15) is 18.7 Å². The lowest BCUT2D eigenvalue weighted by Crippen LogP contribution is -2.67. The maximum Gasteiger partial charge on any atom is 0.272 e.